The van der Waals surface area contributed by atoms with Crippen LogP contribution in [-0.4, -0.2) is 131 Å². The van der Waals surface area contributed by atoms with Gasteiger partial charge in [0.25, 0.3) is 5.91 Å². The van der Waals surface area contributed by atoms with Crippen LogP contribution >= 0.6 is 48.0 Å². The number of hydrogen-bond donors (Lipinski definition) is 11. The molecule has 14 aromatic rings. The summed E-state index contributed by atoms with van der Waals surface area (Å²) >= 11 is 11.6. The van der Waals surface area contributed by atoms with Crippen molar-refractivity contribution in [3.63, 3.8) is 0 Å². The normalized spacial score (nSPS) is 12.3. The first-order valence-corrected chi connectivity index (χ1v) is 50.9. The maximum atomic E-state index is 13.5. The molecule has 0 radical (unpaired) electrons. The molecule has 4 heterocycles. The number of anilines is 10. The number of amides is 5. The molecule has 15 rings (SSSR count). The predicted molar refractivity (Wildman–Crippen MR) is 585 cm³/mol. The smallest absolute Gasteiger partial charge is 0.323 e. The number of carbonyl (C=O) groups excluding carboxylic acids is 4. The molecule has 3 aromatic heterocycles. The summed E-state index contributed by atoms with van der Waals surface area (Å²) in [6.45, 7) is 23.3. The van der Waals surface area contributed by atoms with Gasteiger partial charge in [-0.15, -0.1) is 24.8 Å². The average Bonchev–Trinajstić information content (AvgIpc) is 0.769. The van der Waals surface area contributed by atoms with Crippen LogP contribution in [0.15, 0.2) is 243 Å². The molecule has 2 atom stereocenters. The second-order valence-electron chi connectivity index (χ2n) is 35.8. The number of nitrogens with one attached hydrogen (secondary N) is 8. The first-order chi connectivity index (χ1) is 67.3. The fourth-order valence-electron chi connectivity index (χ4n) is 14.9. The predicted octanol–water partition coefficient (Wildman–Crippen LogP) is 23.0. The van der Waals surface area contributed by atoms with Crippen LogP contribution < -0.4 is 71.2 Å². The Kier molecular flexibility index (Phi) is 39.5. The number of nitrogen functional groups attached to an aromatic ring is 2. The van der Waals surface area contributed by atoms with E-state index in [9.17, 15) is 69.8 Å². The minimum absolute atomic E-state index is 0. The van der Waals surface area contributed by atoms with Crippen LogP contribution in [0.4, 0.5) is 77.8 Å². The molecule has 0 aliphatic carbocycles. The van der Waals surface area contributed by atoms with Crippen molar-refractivity contribution >= 4 is 202 Å². The van der Waals surface area contributed by atoms with Crippen molar-refractivity contribution in [2.45, 2.75) is 124 Å². The van der Waals surface area contributed by atoms with Gasteiger partial charge in [-0.05, 0) is 144 Å². The van der Waals surface area contributed by atoms with E-state index in [2.05, 4.69) is 55.7 Å². The van der Waals surface area contributed by atoms with E-state index in [-0.39, 0.29) is 103 Å². The molecule has 5 amide bonds. The van der Waals surface area contributed by atoms with E-state index in [0.29, 0.717) is 86.4 Å². The molecule has 766 valence electrons. The van der Waals surface area contributed by atoms with Gasteiger partial charge < -0.3 is 62.1 Å². The van der Waals surface area contributed by atoms with Gasteiger partial charge in [0.15, 0.2) is 29.1 Å². The number of Topliss-reactive ketones (excluding diaryl/α,β-unsaturated/α-hetero) is 1. The number of halogens is 4. The van der Waals surface area contributed by atoms with Crippen molar-refractivity contribution in [1.82, 2.24) is 15.0 Å². The maximum Gasteiger partial charge on any atom is 0.323 e. The molecule has 145 heavy (non-hydrogen) atoms. The number of rotatable bonds is 23. The molecule has 1 aliphatic heterocycles. The van der Waals surface area contributed by atoms with Gasteiger partial charge in [0.2, 0.25) is 46.3 Å². The van der Waals surface area contributed by atoms with Gasteiger partial charge in [0.05, 0.1) is 95.4 Å². The average molecular weight is 2120 g/mol. The zero-order valence-electron chi connectivity index (χ0n) is 82.6. The number of fused-ring (bicyclic) bond motifs is 4. The number of carbonyl (C=O) groups is 4. The maximum absolute atomic E-state index is 13.5. The molecular formula is C104H115Cl4N15O19S3. The van der Waals surface area contributed by atoms with Gasteiger partial charge in [-0.25, -0.2) is 49.8 Å². The molecule has 2 unspecified atom stereocenters. The standard InChI is InChI=1S/C37H37N5O6S.C28H28ClN5O6S.C15H10ClN3O2.C12H20N2O3S.C10H12O2.C2H6.2ClH/c1-37(2,3)24-19-29(33(47-4)30(20-24)42-49(5,45)46)41-36(44)40-28-16-15-25(26-13-9-10-14-27(26)28)23-18-31-35(38-21-23)48-32(34(43)39-31)17-22-11-7-6-8-12-22;1-28(2,3)17-13-22(25(40-4)23(14-17)33-41(5,38)39)32-27(35)31-21-11-10-18(19-8-6-7-9-20(19)21)16-12-24(34(36)37)26(29)30-15-16;16-15-14(19(20)21)7-9(8-18-15)10-5-6-13(17)12-4-2-1-3-11(10)12;1-12(2,3)8-6-9(13)11(17-4)10(7-8)14-18(5,15)16;1-8(11)10(12)7-9-5-3-2-4-6-9;1-2;;/h6-16,18-21,32,42H,17H2,1-5H3,(H,39,43)(H2,40,41,44);6-15,33H,1-5H3,(H2,31,32,35);1-8H,17H2;6-7,14H,13H2,1-5H3;2-6,10,12H,7H2,1H3;1-2H3;2*1H. The number of sulfonamides is 3. The molecular weight excluding hydrogens is 2000 g/mol. The van der Waals surface area contributed by atoms with Crippen LogP contribution in [0, 0.1) is 20.2 Å². The Bertz CT molecular complexity index is 7490. The lowest BCUT2D eigenvalue weighted by Crippen LogP contribution is -2.38. The number of ether oxygens (including phenoxy) is 4. The van der Waals surface area contributed by atoms with Crippen LogP contribution in [0.1, 0.15) is 111 Å². The van der Waals surface area contributed by atoms with Crippen molar-refractivity contribution < 1.29 is 78.3 Å². The Morgan fingerprint density at radius 3 is 1.17 bits per heavy atom. The number of pyridine rings is 3. The number of ketones is 1. The highest BCUT2D eigenvalue weighted by Crippen LogP contribution is 2.46. The number of aliphatic hydroxyl groups is 1. The van der Waals surface area contributed by atoms with Crippen molar-refractivity contribution in [3.8, 4) is 56.5 Å². The second-order valence-corrected chi connectivity index (χ2v) is 41.8. The first kappa shape index (κ1) is 116. The molecule has 0 fully saturated rings. The Hall–Kier alpha value is -14.7. The topological polar surface area (TPSA) is 501 Å². The molecule has 0 saturated carbocycles. The van der Waals surface area contributed by atoms with E-state index in [1.165, 1.54) is 52.8 Å². The number of nitrogens with two attached hydrogens (primary N) is 2. The SMILES string of the molecule is CC.CC(=O)C(O)Cc1ccccc1.COc1c(N)cc(C(C)(C)C)cc1NS(C)(=O)=O.COc1c(NC(=O)Nc2ccc(-c3cnc(Cl)c([N+](=O)[O-])c3)c3ccccc23)cc(C(C)(C)C)cc1NS(C)(=O)=O.COc1c(NC(=O)Nc2ccc(-c3cnc4c(c3)NC(=O)C(Cc3ccccc3)O4)c3ccccc23)cc(C(C)(C)C)cc1NS(C)(=O)=O.Cl.Cl.Nc1ccc(-c2cnc(Cl)c([N+](=O)[O-])c2)c2ccccc12. The Balaban J connectivity index is 0.000000238. The zero-order chi connectivity index (χ0) is 105. The number of nitro groups is 2. The van der Waals surface area contributed by atoms with Gasteiger partial charge in [-0.1, -0.05) is 251 Å². The number of benzene rings is 11. The van der Waals surface area contributed by atoms with Gasteiger partial charge in [-0.2, -0.15) is 0 Å². The van der Waals surface area contributed by atoms with Crippen LogP contribution in [0.25, 0.3) is 65.7 Å². The van der Waals surface area contributed by atoms with Crippen LogP contribution in [0.5, 0.6) is 23.1 Å². The number of methoxy groups -OCH3 is 3. The van der Waals surface area contributed by atoms with Crippen LogP contribution in [0.2, 0.25) is 10.3 Å². The van der Waals surface area contributed by atoms with Crippen LogP contribution in [0.3, 0.4) is 0 Å². The van der Waals surface area contributed by atoms with Gasteiger partial charge >= 0.3 is 23.4 Å². The highest BCUT2D eigenvalue weighted by Gasteiger charge is 2.32. The van der Waals surface area contributed by atoms with E-state index in [0.717, 1.165) is 90.2 Å². The summed E-state index contributed by atoms with van der Waals surface area (Å²) in [6, 6.07) is 66.2. The summed E-state index contributed by atoms with van der Waals surface area (Å²) in [6.07, 6.45) is 7.14. The summed E-state index contributed by atoms with van der Waals surface area (Å²) < 4.78 is 100. The van der Waals surface area contributed by atoms with E-state index < -0.39 is 64.2 Å². The Labute approximate surface area is 864 Å². The molecule has 11 aromatic carbocycles. The highest BCUT2D eigenvalue weighted by molar-refractivity contribution is 7.92. The molecule has 1 aliphatic rings. The molecule has 0 saturated heterocycles. The molecule has 0 bridgehead atoms. The number of aliphatic hydroxyl groups excluding tert-OH is 1. The van der Waals surface area contributed by atoms with Crippen molar-refractivity contribution in [3.05, 3.63) is 301 Å². The monoisotopic (exact) mass is 2110 g/mol. The number of hydrogen-bond acceptors (Lipinski definition) is 24. The lowest BCUT2D eigenvalue weighted by atomic mass is 9.86. The second kappa shape index (κ2) is 49.5. The van der Waals surface area contributed by atoms with Gasteiger partial charge in [0, 0.05) is 82.1 Å². The zero-order valence-corrected chi connectivity index (χ0v) is 88.2. The molecule has 34 nitrogen and oxygen atoms in total. The minimum atomic E-state index is -3.63. The fraction of sp³-hybridized carbons (Fsp3) is 0.240. The van der Waals surface area contributed by atoms with Gasteiger partial charge in [0.1, 0.15) is 11.8 Å². The third kappa shape index (κ3) is 31.2. The van der Waals surface area contributed by atoms with Crippen LogP contribution in [-0.2, 0) is 68.7 Å². The lowest BCUT2D eigenvalue weighted by Gasteiger charge is -2.25. The summed E-state index contributed by atoms with van der Waals surface area (Å²) in [5.74, 6) is 0.595. The molecule has 41 heteroatoms. The number of aromatic nitrogens is 3. The summed E-state index contributed by atoms with van der Waals surface area (Å²) in [5, 5.41) is 50.4. The lowest BCUT2D eigenvalue weighted by molar-refractivity contribution is -0.385. The summed E-state index contributed by atoms with van der Waals surface area (Å²) in [5.41, 5.74) is 23.0. The summed E-state index contributed by atoms with van der Waals surface area (Å²) in [7, 11) is -6.40. The molecule has 13 N–H and O–H groups in total. The minimum Gasteiger partial charge on any atom is -0.492 e. The molecule has 0 spiro atoms. The Morgan fingerprint density at radius 2 is 0.786 bits per heavy atom. The fourth-order valence-corrected chi connectivity index (χ4v) is 16.9. The third-order valence-corrected chi connectivity index (χ3v) is 24.2. The Morgan fingerprint density at radius 1 is 0.455 bits per heavy atom. The van der Waals surface area contributed by atoms with E-state index in [1.807, 2.05) is 216 Å². The number of nitrogens with zero attached hydrogens (tertiary/aromatic N) is 5. The quantitative estimate of drug-likeness (QED) is 0.0123. The van der Waals surface area contributed by atoms with Crippen molar-refractivity contribution in [2.75, 3.05) is 92.3 Å². The van der Waals surface area contributed by atoms with E-state index in [4.69, 9.17) is 53.6 Å². The first-order valence-electron chi connectivity index (χ1n) is 44.5. The largest absolute Gasteiger partial charge is 0.492 e. The van der Waals surface area contributed by atoms with Gasteiger partial charge in [-0.3, -0.25) is 44.0 Å². The highest BCUT2D eigenvalue weighted by atomic mass is 35.5. The third-order valence-electron chi connectivity index (χ3n) is 21.8. The van der Waals surface area contributed by atoms with Crippen molar-refractivity contribution in [1.29, 1.82) is 0 Å². The number of urea groups is 2. The van der Waals surface area contributed by atoms with E-state index >= 15 is 0 Å². The summed E-state index contributed by atoms with van der Waals surface area (Å²) in [4.78, 5) is 84.0. The van der Waals surface area contributed by atoms with Crippen molar-refractivity contribution in [2.24, 2.45) is 0 Å². The van der Waals surface area contributed by atoms with E-state index in [1.54, 1.807) is 79.0 Å².